The van der Waals surface area contributed by atoms with Crippen molar-refractivity contribution < 1.29 is 22.7 Å². The number of benzene rings is 2. The lowest BCUT2D eigenvalue weighted by Gasteiger charge is -2.11. The number of aryl methyl sites for hydroxylation is 1. The Labute approximate surface area is 158 Å². The fraction of sp³-hybridized carbons (Fsp3) is 0.105. The van der Waals surface area contributed by atoms with Crippen molar-refractivity contribution >= 4 is 29.0 Å². The second-order valence-corrected chi connectivity index (χ2v) is 5.73. The Morgan fingerprint density at radius 1 is 0.964 bits per heavy atom. The van der Waals surface area contributed by atoms with Crippen molar-refractivity contribution in [2.45, 2.75) is 6.92 Å². The second kappa shape index (κ2) is 7.95. The molecular formula is C19H15F3N4O2. The minimum absolute atomic E-state index is 0.170. The number of carbonyl (C=O) groups excluding carboxylic acids is 1. The highest BCUT2D eigenvalue weighted by molar-refractivity contribution is 5.90. The van der Waals surface area contributed by atoms with E-state index >= 15 is 0 Å². The lowest BCUT2D eigenvalue weighted by Crippen LogP contribution is -2.05. The van der Waals surface area contributed by atoms with Crippen LogP contribution in [0.2, 0.25) is 0 Å². The summed E-state index contributed by atoms with van der Waals surface area (Å²) in [6, 6.07) is 9.89. The fourth-order valence-electron chi connectivity index (χ4n) is 2.45. The number of hydrogen-bond acceptors (Lipinski definition) is 6. The largest absolute Gasteiger partial charge is 0.465 e. The molecule has 0 unspecified atom stereocenters. The van der Waals surface area contributed by atoms with Gasteiger partial charge in [-0.15, -0.1) is 0 Å². The molecule has 0 fully saturated rings. The fourth-order valence-corrected chi connectivity index (χ4v) is 2.45. The molecule has 0 saturated heterocycles. The molecule has 0 aliphatic heterocycles. The van der Waals surface area contributed by atoms with Crippen LogP contribution >= 0.6 is 0 Å². The van der Waals surface area contributed by atoms with Gasteiger partial charge in [0.15, 0.2) is 17.5 Å². The third kappa shape index (κ3) is 4.20. The number of ether oxygens (including phenoxy) is 1. The van der Waals surface area contributed by atoms with E-state index in [1.807, 2.05) is 0 Å². The molecule has 2 N–H and O–H groups in total. The first-order chi connectivity index (χ1) is 13.4. The Balaban J connectivity index is 1.86. The van der Waals surface area contributed by atoms with Crippen LogP contribution in [0.15, 0.2) is 42.5 Å². The predicted octanol–water partition coefficient (Wildman–Crippen LogP) is 4.48. The van der Waals surface area contributed by atoms with E-state index < -0.39 is 23.4 Å². The average Bonchev–Trinajstić information content (AvgIpc) is 2.67. The number of nitrogens with one attached hydrogen (secondary N) is 2. The molecular weight excluding hydrogens is 373 g/mol. The molecule has 0 spiro atoms. The Kier molecular flexibility index (Phi) is 5.44. The van der Waals surface area contributed by atoms with Crippen molar-refractivity contribution in [3.63, 3.8) is 0 Å². The van der Waals surface area contributed by atoms with E-state index in [0.717, 1.165) is 12.1 Å². The maximum absolute atomic E-state index is 13.9. The standard InChI is InChI=1S/C19H15F3N4O2/c1-10-23-15(25-12-5-3-4-11(8-12)19(27)28-2)9-16(24-10)26-14-7-6-13(20)17(21)18(14)22/h3-9H,1-2H3,(H2,23,24,25,26). The number of halogens is 3. The number of rotatable bonds is 5. The van der Waals surface area contributed by atoms with E-state index in [2.05, 4.69) is 25.3 Å². The van der Waals surface area contributed by atoms with Crippen LogP contribution in [0.25, 0.3) is 0 Å². The molecule has 9 heteroatoms. The number of esters is 1. The maximum Gasteiger partial charge on any atom is 0.337 e. The number of methoxy groups -OCH3 is 1. The van der Waals surface area contributed by atoms with Crippen molar-refractivity contribution in [1.82, 2.24) is 9.97 Å². The predicted molar refractivity (Wildman–Crippen MR) is 97.4 cm³/mol. The molecule has 2 aromatic carbocycles. The van der Waals surface area contributed by atoms with Crippen LogP contribution < -0.4 is 10.6 Å². The molecule has 144 valence electrons. The van der Waals surface area contributed by atoms with Crippen LogP contribution in [-0.2, 0) is 4.74 Å². The Hall–Kier alpha value is -3.62. The molecule has 3 rings (SSSR count). The highest BCUT2D eigenvalue weighted by Crippen LogP contribution is 2.25. The smallest absolute Gasteiger partial charge is 0.337 e. The Morgan fingerprint density at radius 2 is 1.68 bits per heavy atom. The number of aromatic nitrogens is 2. The first-order valence-corrected chi connectivity index (χ1v) is 8.09. The van der Waals surface area contributed by atoms with E-state index in [1.54, 1.807) is 31.2 Å². The summed E-state index contributed by atoms with van der Waals surface area (Å²) in [5, 5.41) is 5.60. The first kappa shape index (κ1) is 19.2. The average molecular weight is 388 g/mol. The van der Waals surface area contributed by atoms with Gasteiger partial charge in [-0.3, -0.25) is 0 Å². The maximum atomic E-state index is 13.9. The number of hydrogen-bond donors (Lipinski definition) is 2. The summed E-state index contributed by atoms with van der Waals surface area (Å²) in [7, 11) is 1.28. The second-order valence-electron chi connectivity index (χ2n) is 5.73. The number of carbonyl (C=O) groups is 1. The van der Waals surface area contributed by atoms with Crippen molar-refractivity contribution in [2.75, 3.05) is 17.7 Å². The van der Waals surface area contributed by atoms with Gasteiger partial charge in [-0.25, -0.2) is 27.9 Å². The summed E-state index contributed by atoms with van der Waals surface area (Å²) in [4.78, 5) is 20.0. The van der Waals surface area contributed by atoms with E-state index in [4.69, 9.17) is 0 Å². The molecule has 28 heavy (non-hydrogen) atoms. The van der Waals surface area contributed by atoms with Gasteiger partial charge in [-0.2, -0.15) is 0 Å². The van der Waals surface area contributed by atoms with Gasteiger partial charge in [0.25, 0.3) is 0 Å². The minimum atomic E-state index is -1.58. The lowest BCUT2D eigenvalue weighted by atomic mass is 10.2. The highest BCUT2D eigenvalue weighted by Gasteiger charge is 2.14. The quantitative estimate of drug-likeness (QED) is 0.496. The van der Waals surface area contributed by atoms with Crippen molar-refractivity contribution in [1.29, 1.82) is 0 Å². The van der Waals surface area contributed by atoms with Crippen molar-refractivity contribution in [3.8, 4) is 0 Å². The normalized spacial score (nSPS) is 10.5. The monoisotopic (exact) mass is 388 g/mol. The van der Waals surface area contributed by atoms with Gasteiger partial charge in [0.05, 0.1) is 18.4 Å². The van der Waals surface area contributed by atoms with Gasteiger partial charge in [-0.05, 0) is 37.3 Å². The summed E-state index contributed by atoms with van der Waals surface area (Å²) < 4.78 is 45.0. The molecule has 0 atom stereocenters. The van der Waals surface area contributed by atoms with E-state index in [1.165, 1.54) is 13.2 Å². The molecule has 1 heterocycles. The molecule has 0 bridgehead atoms. The minimum Gasteiger partial charge on any atom is -0.465 e. The third-order valence-corrected chi connectivity index (χ3v) is 3.69. The molecule has 6 nitrogen and oxygen atoms in total. The Bertz CT molecular complexity index is 1040. The van der Waals surface area contributed by atoms with Gasteiger partial charge in [0.1, 0.15) is 17.5 Å². The van der Waals surface area contributed by atoms with E-state index in [-0.39, 0.29) is 11.5 Å². The van der Waals surface area contributed by atoms with Gasteiger partial charge in [-0.1, -0.05) is 6.07 Å². The van der Waals surface area contributed by atoms with Gasteiger partial charge >= 0.3 is 5.97 Å². The van der Waals surface area contributed by atoms with E-state index in [0.29, 0.717) is 22.9 Å². The van der Waals surface area contributed by atoms with Crippen molar-refractivity contribution in [3.05, 3.63) is 71.3 Å². The molecule has 0 amide bonds. The molecule has 0 aliphatic rings. The zero-order valence-electron chi connectivity index (χ0n) is 14.9. The molecule has 0 saturated carbocycles. The molecule has 0 radical (unpaired) electrons. The van der Waals surface area contributed by atoms with Crippen LogP contribution in [0.5, 0.6) is 0 Å². The zero-order chi connectivity index (χ0) is 20.3. The van der Waals surface area contributed by atoms with Crippen LogP contribution in [0, 0.1) is 24.4 Å². The molecule has 0 aliphatic carbocycles. The van der Waals surface area contributed by atoms with E-state index in [9.17, 15) is 18.0 Å². The van der Waals surface area contributed by atoms with Crippen LogP contribution in [0.4, 0.5) is 36.2 Å². The van der Waals surface area contributed by atoms with Gasteiger partial charge in [0, 0.05) is 11.8 Å². The summed E-state index contributed by atoms with van der Waals surface area (Å²) in [5.74, 6) is -3.83. The van der Waals surface area contributed by atoms with Gasteiger partial charge < -0.3 is 15.4 Å². The van der Waals surface area contributed by atoms with Crippen LogP contribution in [0.3, 0.4) is 0 Å². The number of anilines is 4. The highest BCUT2D eigenvalue weighted by atomic mass is 19.2. The summed E-state index contributed by atoms with van der Waals surface area (Å²) in [6.07, 6.45) is 0. The SMILES string of the molecule is COC(=O)c1cccc(Nc2cc(Nc3ccc(F)c(F)c3F)nc(C)n2)c1. The molecule has 1 aromatic heterocycles. The first-order valence-electron chi connectivity index (χ1n) is 8.09. The van der Waals surface area contributed by atoms with Crippen LogP contribution in [-0.4, -0.2) is 23.0 Å². The zero-order valence-corrected chi connectivity index (χ0v) is 14.9. The van der Waals surface area contributed by atoms with Crippen LogP contribution in [0.1, 0.15) is 16.2 Å². The summed E-state index contributed by atoms with van der Waals surface area (Å²) in [6.45, 7) is 1.61. The van der Waals surface area contributed by atoms with Gasteiger partial charge in [0.2, 0.25) is 0 Å². The Morgan fingerprint density at radius 3 is 2.39 bits per heavy atom. The summed E-state index contributed by atoms with van der Waals surface area (Å²) in [5.41, 5.74) is 0.641. The van der Waals surface area contributed by atoms with Crippen molar-refractivity contribution in [2.24, 2.45) is 0 Å². The lowest BCUT2D eigenvalue weighted by molar-refractivity contribution is 0.0601. The third-order valence-electron chi connectivity index (χ3n) is 3.69. The molecule has 3 aromatic rings. The number of nitrogens with zero attached hydrogens (tertiary/aromatic N) is 2. The topological polar surface area (TPSA) is 76.1 Å². The summed E-state index contributed by atoms with van der Waals surface area (Å²) >= 11 is 0.